The minimum atomic E-state index is -0.976. The van der Waals surface area contributed by atoms with Crippen molar-refractivity contribution in [3.05, 3.63) is 0 Å². The first-order valence-corrected chi connectivity index (χ1v) is 4.54. The van der Waals surface area contributed by atoms with Crippen LogP contribution in [0.5, 0.6) is 0 Å². The maximum Gasteiger partial charge on any atom is 0.351 e. The van der Waals surface area contributed by atoms with Crippen LogP contribution in [-0.2, 0) is 4.79 Å². The van der Waals surface area contributed by atoms with Gasteiger partial charge >= 0.3 is 5.97 Å². The molecule has 0 saturated carbocycles. The molecule has 0 atom stereocenters. The minimum Gasteiger partial charge on any atom is -0.477 e. The van der Waals surface area contributed by atoms with Crippen LogP contribution in [0.1, 0.15) is 33.6 Å². The lowest BCUT2D eigenvalue weighted by molar-refractivity contribution is -0.129. The first-order valence-electron chi connectivity index (χ1n) is 4.54. The molecule has 0 unspecified atom stereocenters. The van der Waals surface area contributed by atoms with Gasteiger partial charge in [0.1, 0.15) is 5.71 Å². The summed E-state index contributed by atoms with van der Waals surface area (Å²) < 4.78 is 0. The SMILES string of the molecule is C/C(=N\NCCCC(C)C)C(=O)O. The van der Waals surface area contributed by atoms with Crippen molar-refractivity contribution in [2.45, 2.75) is 33.6 Å². The van der Waals surface area contributed by atoms with E-state index in [1.807, 2.05) is 0 Å². The first-order chi connectivity index (χ1) is 6.04. The molecule has 76 valence electrons. The molecule has 4 nitrogen and oxygen atoms in total. The lowest BCUT2D eigenvalue weighted by Gasteiger charge is -2.03. The maximum absolute atomic E-state index is 10.3. The molecule has 0 aromatic carbocycles. The second kappa shape index (κ2) is 6.46. The summed E-state index contributed by atoms with van der Waals surface area (Å²) in [4.78, 5) is 10.3. The standard InChI is InChI=1S/C9H18N2O2/c1-7(2)5-4-6-10-11-8(3)9(12)13/h7,10H,4-6H2,1-3H3,(H,12,13)/b11-8+. The lowest BCUT2D eigenvalue weighted by atomic mass is 10.1. The second-order valence-corrected chi connectivity index (χ2v) is 3.45. The van der Waals surface area contributed by atoms with Gasteiger partial charge in [-0.15, -0.1) is 0 Å². The van der Waals surface area contributed by atoms with Gasteiger partial charge in [-0.2, -0.15) is 5.10 Å². The van der Waals surface area contributed by atoms with Crippen LogP contribution < -0.4 is 5.43 Å². The zero-order chi connectivity index (χ0) is 10.3. The Hall–Kier alpha value is -1.06. The van der Waals surface area contributed by atoms with Gasteiger partial charge in [0, 0.05) is 6.54 Å². The molecular weight excluding hydrogens is 168 g/mol. The predicted molar refractivity (Wildman–Crippen MR) is 52.8 cm³/mol. The number of nitrogens with one attached hydrogen (secondary N) is 1. The van der Waals surface area contributed by atoms with E-state index in [-0.39, 0.29) is 5.71 Å². The quantitative estimate of drug-likeness (QED) is 0.375. The average molecular weight is 186 g/mol. The molecule has 0 aliphatic rings. The van der Waals surface area contributed by atoms with Gasteiger partial charge in [0.15, 0.2) is 0 Å². The van der Waals surface area contributed by atoms with Crippen molar-refractivity contribution in [3.63, 3.8) is 0 Å². The molecule has 0 heterocycles. The van der Waals surface area contributed by atoms with Gasteiger partial charge in [-0.05, 0) is 25.7 Å². The van der Waals surface area contributed by atoms with Crippen LogP contribution in [0.15, 0.2) is 5.10 Å². The van der Waals surface area contributed by atoms with Gasteiger partial charge < -0.3 is 10.5 Å². The Morgan fingerprint density at radius 1 is 1.54 bits per heavy atom. The summed E-state index contributed by atoms with van der Waals surface area (Å²) in [6.45, 7) is 6.53. The van der Waals surface area contributed by atoms with E-state index in [9.17, 15) is 4.79 Å². The molecule has 0 saturated heterocycles. The Kier molecular flexibility index (Phi) is 5.93. The van der Waals surface area contributed by atoms with Crippen molar-refractivity contribution in [1.29, 1.82) is 0 Å². The number of aliphatic carboxylic acids is 1. The highest BCUT2D eigenvalue weighted by Crippen LogP contribution is 2.01. The van der Waals surface area contributed by atoms with E-state index < -0.39 is 5.97 Å². The van der Waals surface area contributed by atoms with E-state index in [0.717, 1.165) is 19.4 Å². The normalized spacial score (nSPS) is 11.8. The van der Waals surface area contributed by atoms with Gasteiger partial charge in [0.05, 0.1) is 0 Å². The van der Waals surface area contributed by atoms with Crippen LogP contribution in [0.3, 0.4) is 0 Å². The fraction of sp³-hybridized carbons (Fsp3) is 0.778. The molecule has 0 spiro atoms. The monoisotopic (exact) mass is 186 g/mol. The highest BCUT2D eigenvalue weighted by atomic mass is 16.4. The van der Waals surface area contributed by atoms with Crippen molar-refractivity contribution < 1.29 is 9.90 Å². The number of carboxylic acids is 1. The van der Waals surface area contributed by atoms with Crippen LogP contribution in [0.25, 0.3) is 0 Å². The Balaban J connectivity index is 3.45. The largest absolute Gasteiger partial charge is 0.477 e. The summed E-state index contributed by atoms with van der Waals surface area (Å²) in [5.74, 6) is -0.289. The summed E-state index contributed by atoms with van der Waals surface area (Å²) in [6.07, 6.45) is 2.16. The van der Waals surface area contributed by atoms with E-state index in [2.05, 4.69) is 24.4 Å². The molecule has 0 aromatic rings. The van der Waals surface area contributed by atoms with Crippen LogP contribution in [0, 0.1) is 5.92 Å². The number of hydrogen-bond donors (Lipinski definition) is 2. The Morgan fingerprint density at radius 3 is 2.62 bits per heavy atom. The molecule has 0 bridgehead atoms. The predicted octanol–water partition coefficient (Wildman–Crippen LogP) is 1.47. The summed E-state index contributed by atoms with van der Waals surface area (Å²) >= 11 is 0. The highest BCUT2D eigenvalue weighted by molar-refractivity contribution is 6.34. The van der Waals surface area contributed by atoms with Gasteiger partial charge in [0.2, 0.25) is 0 Å². The third-order valence-corrected chi connectivity index (χ3v) is 1.63. The molecule has 0 aromatic heterocycles. The molecule has 13 heavy (non-hydrogen) atoms. The first kappa shape index (κ1) is 11.9. The van der Waals surface area contributed by atoms with Crippen molar-refractivity contribution in [1.82, 2.24) is 5.43 Å². The molecule has 0 amide bonds. The fourth-order valence-electron chi connectivity index (χ4n) is 0.812. The van der Waals surface area contributed by atoms with Crippen molar-refractivity contribution in [2.24, 2.45) is 11.0 Å². The number of carboxylic acid groups (broad SMARTS) is 1. The summed E-state index contributed by atoms with van der Waals surface area (Å²) in [6, 6.07) is 0. The third-order valence-electron chi connectivity index (χ3n) is 1.63. The lowest BCUT2D eigenvalue weighted by Crippen LogP contribution is -2.16. The minimum absolute atomic E-state index is 0.101. The molecule has 0 fully saturated rings. The molecule has 0 radical (unpaired) electrons. The summed E-state index contributed by atoms with van der Waals surface area (Å²) in [5, 5.41) is 12.1. The molecular formula is C9H18N2O2. The molecule has 0 aliphatic carbocycles. The average Bonchev–Trinajstić information content (AvgIpc) is 2.02. The molecule has 0 aliphatic heterocycles. The van der Waals surface area contributed by atoms with E-state index in [1.54, 1.807) is 0 Å². The van der Waals surface area contributed by atoms with Gasteiger partial charge in [-0.3, -0.25) is 0 Å². The van der Waals surface area contributed by atoms with Crippen LogP contribution in [0.2, 0.25) is 0 Å². The van der Waals surface area contributed by atoms with Crippen LogP contribution >= 0.6 is 0 Å². The second-order valence-electron chi connectivity index (χ2n) is 3.45. The number of nitrogens with zero attached hydrogens (tertiary/aromatic N) is 1. The van der Waals surface area contributed by atoms with Crippen LogP contribution in [0.4, 0.5) is 0 Å². The fourth-order valence-corrected chi connectivity index (χ4v) is 0.812. The number of rotatable bonds is 6. The maximum atomic E-state index is 10.3. The number of carbonyl (C=O) groups is 1. The Morgan fingerprint density at radius 2 is 2.15 bits per heavy atom. The van der Waals surface area contributed by atoms with Gasteiger partial charge in [-0.25, -0.2) is 4.79 Å². The Labute approximate surface area is 79.0 Å². The van der Waals surface area contributed by atoms with Crippen molar-refractivity contribution in [3.8, 4) is 0 Å². The van der Waals surface area contributed by atoms with Gasteiger partial charge in [-0.1, -0.05) is 13.8 Å². The van der Waals surface area contributed by atoms with E-state index in [4.69, 9.17) is 5.11 Å². The smallest absolute Gasteiger partial charge is 0.351 e. The molecule has 0 rings (SSSR count). The molecule has 2 N–H and O–H groups in total. The topological polar surface area (TPSA) is 61.7 Å². The van der Waals surface area contributed by atoms with E-state index >= 15 is 0 Å². The van der Waals surface area contributed by atoms with E-state index in [0.29, 0.717) is 5.92 Å². The number of hydrazone groups is 1. The van der Waals surface area contributed by atoms with Crippen molar-refractivity contribution in [2.75, 3.05) is 6.54 Å². The zero-order valence-electron chi connectivity index (χ0n) is 8.50. The summed E-state index contributed by atoms with van der Waals surface area (Å²) in [7, 11) is 0. The number of hydrogen-bond acceptors (Lipinski definition) is 3. The van der Waals surface area contributed by atoms with Gasteiger partial charge in [0.25, 0.3) is 0 Å². The van der Waals surface area contributed by atoms with Crippen LogP contribution in [-0.4, -0.2) is 23.3 Å². The third kappa shape index (κ3) is 7.31. The zero-order valence-corrected chi connectivity index (χ0v) is 8.50. The van der Waals surface area contributed by atoms with E-state index in [1.165, 1.54) is 6.92 Å². The van der Waals surface area contributed by atoms with Crippen molar-refractivity contribution >= 4 is 11.7 Å². The molecule has 4 heteroatoms. The Bertz CT molecular complexity index is 188. The summed E-state index contributed by atoms with van der Waals surface area (Å²) in [5.41, 5.74) is 2.83. The highest BCUT2D eigenvalue weighted by Gasteiger charge is 1.99.